The number of benzene rings is 1. The van der Waals surface area contributed by atoms with Gasteiger partial charge in [-0.1, -0.05) is 19.9 Å². The number of halogens is 1. The van der Waals surface area contributed by atoms with Gasteiger partial charge in [-0.25, -0.2) is 4.39 Å². The number of aryl methyl sites for hydroxylation is 2. The molecule has 100 valence electrons. The van der Waals surface area contributed by atoms with E-state index >= 15 is 0 Å². The summed E-state index contributed by atoms with van der Waals surface area (Å²) < 4.78 is 14.2. The summed E-state index contributed by atoms with van der Waals surface area (Å²) in [5.41, 5.74) is 1.26. The van der Waals surface area contributed by atoms with Gasteiger partial charge in [-0.3, -0.25) is 0 Å². The molecule has 0 aromatic heterocycles. The Bertz CT molecular complexity index is 447. The van der Waals surface area contributed by atoms with Gasteiger partial charge in [0.05, 0.1) is 0 Å². The second-order valence-corrected chi connectivity index (χ2v) is 7.29. The number of aliphatic hydroxyl groups is 1. The highest BCUT2D eigenvalue weighted by atomic mass is 32.2. The predicted octanol–water partition coefficient (Wildman–Crippen LogP) is 3.79. The number of thioether (sulfide) groups is 1. The molecule has 1 aromatic carbocycles. The lowest BCUT2D eigenvalue weighted by Gasteiger charge is -2.42. The highest BCUT2D eigenvalue weighted by molar-refractivity contribution is 7.99. The van der Waals surface area contributed by atoms with Crippen molar-refractivity contribution >= 4 is 11.8 Å². The first-order chi connectivity index (χ1) is 8.23. The van der Waals surface area contributed by atoms with E-state index in [0.29, 0.717) is 17.7 Å². The Hall–Kier alpha value is -0.540. The first kappa shape index (κ1) is 13.9. The highest BCUT2D eigenvalue weighted by Gasteiger charge is 2.42. The zero-order chi connectivity index (χ0) is 13.6. The van der Waals surface area contributed by atoms with Gasteiger partial charge >= 0.3 is 0 Å². The topological polar surface area (TPSA) is 20.2 Å². The van der Waals surface area contributed by atoms with Crippen molar-refractivity contribution < 1.29 is 9.50 Å². The molecule has 0 saturated carbocycles. The fraction of sp³-hybridized carbons (Fsp3) is 0.600. The average Bonchev–Trinajstić information content (AvgIpc) is 2.11. The lowest BCUT2D eigenvalue weighted by Crippen LogP contribution is -2.41. The van der Waals surface area contributed by atoms with Crippen molar-refractivity contribution in [2.24, 2.45) is 5.41 Å². The molecule has 0 spiro atoms. The Kier molecular flexibility index (Phi) is 3.50. The summed E-state index contributed by atoms with van der Waals surface area (Å²) in [7, 11) is 0. The largest absolute Gasteiger partial charge is 0.384 e. The van der Waals surface area contributed by atoms with Crippen molar-refractivity contribution in [2.45, 2.75) is 39.7 Å². The number of hydrogen-bond acceptors (Lipinski definition) is 2. The molecule has 1 aliphatic heterocycles. The molecular formula is C15H21FOS. The average molecular weight is 268 g/mol. The maximum absolute atomic E-state index is 14.2. The van der Waals surface area contributed by atoms with Gasteiger partial charge in [-0.2, -0.15) is 11.8 Å². The molecule has 1 unspecified atom stereocenters. The van der Waals surface area contributed by atoms with Gasteiger partial charge in [0, 0.05) is 11.3 Å². The number of hydrogen-bond donors (Lipinski definition) is 1. The van der Waals surface area contributed by atoms with Crippen molar-refractivity contribution in [3.8, 4) is 0 Å². The zero-order valence-corrected chi connectivity index (χ0v) is 12.3. The minimum absolute atomic E-state index is 0.0431. The fourth-order valence-corrected chi connectivity index (χ4v) is 4.40. The van der Waals surface area contributed by atoms with Crippen LogP contribution in [0.1, 0.15) is 37.0 Å². The Morgan fingerprint density at radius 3 is 2.44 bits per heavy atom. The lowest BCUT2D eigenvalue weighted by atomic mass is 9.77. The lowest BCUT2D eigenvalue weighted by molar-refractivity contribution is 0.0120. The van der Waals surface area contributed by atoms with Crippen molar-refractivity contribution in [1.29, 1.82) is 0 Å². The standard InChI is InChI=1S/C15H21FOS/c1-10-5-11(2)13(12(16)6-10)15(17)7-14(3,4)8-18-9-15/h5-6,17H,7-9H2,1-4H3. The summed E-state index contributed by atoms with van der Waals surface area (Å²) in [4.78, 5) is 0. The number of rotatable bonds is 1. The van der Waals surface area contributed by atoms with E-state index < -0.39 is 5.60 Å². The van der Waals surface area contributed by atoms with E-state index in [1.54, 1.807) is 11.8 Å². The molecule has 1 aromatic rings. The van der Waals surface area contributed by atoms with Crippen LogP contribution in [0.4, 0.5) is 4.39 Å². The maximum atomic E-state index is 14.2. The van der Waals surface area contributed by atoms with E-state index in [2.05, 4.69) is 13.8 Å². The summed E-state index contributed by atoms with van der Waals surface area (Å²) in [6, 6.07) is 3.47. The molecule has 0 aliphatic carbocycles. The van der Waals surface area contributed by atoms with Crippen LogP contribution in [0.2, 0.25) is 0 Å². The molecule has 1 aliphatic rings. The van der Waals surface area contributed by atoms with Crippen LogP contribution in [0.5, 0.6) is 0 Å². The maximum Gasteiger partial charge on any atom is 0.129 e. The van der Waals surface area contributed by atoms with E-state index in [0.717, 1.165) is 16.9 Å². The Morgan fingerprint density at radius 2 is 1.89 bits per heavy atom. The molecule has 1 saturated heterocycles. The Balaban J connectivity index is 2.47. The molecular weight excluding hydrogens is 247 g/mol. The quantitative estimate of drug-likeness (QED) is 0.836. The molecule has 1 N–H and O–H groups in total. The van der Waals surface area contributed by atoms with Gasteiger partial charge in [-0.15, -0.1) is 0 Å². The Morgan fingerprint density at radius 1 is 1.22 bits per heavy atom. The first-order valence-electron chi connectivity index (χ1n) is 6.31. The van der Waals surface area contributed by atoms with Crippen LogP contribution in [0.3, 0.4) is 0 Å². The van der Waals surface area contributed by atoms with Crippen LogP contribution in [0.25, 0.3) is 0 Å². The summed E-state index contributed by atoms with van der Waals surface area (Å²) in [5.74, 6) is 1.33. The monoisotopic (exact) mass is 268 g/mol. The molecule has 1 heterocycles. The summed E-state index contributed by atoms with van der Waals surface area (Å²) in [5, 5.41) is 10.9. The third kappa shape index (κ3) is 2.57. The summed E-state index contributed by atoms with van der Waals surface area (Å²) >= 11 is 1.71. The van der Waals surface area contributed by atoms with E-state index in [1.165, 1.54) is 6.07 Å². The van der Waals surface area contributed by atoms with Gasteiger partial charge in [-0.05, 0) is 48.6 Å². The van der Waals surface area contributed by atoms with Crippen LogP contribution < -0.4 is 0 Å². The molecule has 0 radical (unpaired) electrons. The van der Waals surface area contributed by atoms with Crippen molar-refractivity contribution in [1.82, 2.24) is 0 Å². The summed E-state index contributed by atoms with van der Waals surface area (Å²) in [6.45, 7) is 8.02. The van der Waals surface area contributed by atoms with Crippen LogP contribution in [0, 0.1) is 25.1 Å². The second kappa shape index (κ2) is 4.53. The third-order valence-electron chi connectivity index (χ3n) is 3.50. The Labute approximate surface area is 113 Å². The van der Waals surface area contributed by atoms with Gasteiger partial charge in [0.1, 0.15) is 11.4 Å². The molecule has 1 nitrogen and oxygen atoms in total. The normalized spacial score (nSPS) is 27.2. The van der Waals surface area contributed by atoms with E-state index in [4.69, 9.17) is 0 Å². The van der Waals surface area contributed by atoms with Gasteiger partial charge < -0.3 is 5.11 Å². The van der Waals surface area contributed by atoms with Crippen molar-refractivity contribution in [3.05, 3.63) is 34.6 Å². The molecule has 3 heteroatoms. The molecule has 0 bridgehead atoms. The minimum atomic E-state index is -1.03. The second-order valence-electron chi connectivity index (χ2n) is 6.30. The predicted molar refractivity (Wildman–Crippen MR) is 75.5 cm³/mol. The molecule has 2 rings (SSSR count). The summed E-state index contributed by atoms with van der Waals surface area (Å²) in [6.07, 6.45) is 0.619. The van der Waals surface area contributed by atoms with Gasteiger partial charge in [0.25, 0.3) is 0 Å². The SMILES string of the molecule is Cc1cc(C)c(C2(O)CSCC(C)(C)C2)c(F)c1. The first-order valence-corrected chi connectivity index (χ1v) is 7.46. The minimum Gasteiger partial charge on any atom is -0.384 e. The third-order valence-corrected chi connectivity index (χ3v) is 5.17. The zero-order valence-electron chi connectivity index (χ0n) is 11.5. The van der Waals surface area contributed by atoms with Crippen LogP contribution in [-0.4, -0.2) is 16.6 Å². The van der Waals surface area contributed by atoms with Crippen LogP contribution in [-0.2, 0) is 5.60 Å². The molecule has 1 atom stereocenters. The molecule has 18 heavy (non-hydrogen) atoms. The molecule has 0 amide bonds. The van der Waals surface area contributed by atoms with Crippen LogP contribution in [0.15, 0.2) is 12.1 Å². The van der Waals surface area contributed by atoms with E-state index in [-0.39, 0.29) is 11.2 Å². The van der Waals surface area contributed by atoms with E-state index in [1.807, 2.05) is 19.9 Å². The highest BCUT2D eigenvalue weighted by Crippen LogP contribution is 2.45. The van der Waals surface area contributed by atoms with Gasteiger partial charge in [0.2, 0.25) is 0 Å². The van der Waals surface area contributed by atoms with E-state index in [9.17, 15) is 9.50 Å². The van der Waals surface area contributed by atoms with Gasteiger partial charge in [0.15, 0.2) is 0 Å². The molecule has 1 fully saturated rings. The smallest absolute Gasteiger partial charge is 0.129 e. The van der Waals surface area contributed by atoms with Crippen LogP contribution >= 0.6 is 11.8 Å². The fourth-order valence-electron chi connectivity index (χ4n) is 3.06. The van der Waals surface area contributed by atoms with Crippen molar-refractivity contribution in [3.63, 3.8) is 0 Å². The van der Waals surface area contributed by atoms with Crippen molar-refractivity contribution in [2.75, 3.05) is 11.5 Å².